The van der Waals surface area contributed by atoms with Gasteiger partial charge in [-0.1, -0.05) is 12.1 Å². The number of carboxylic acids is 1. The highest BCUT2D eigenvalue weighted by molar-refractivity contribution is 5.93. The zero-order valence-corrected chi connectivity index (χ0v) is 11.1. The standard InChI is InChI=1S/C15H13NO5/c17-11-6-13(21-12-4-2-1-3-10(11)12)15(20)16-7-9(8-16)5-14(18)19/h1-4,6,9H,5,7-8H2,(H,18,19). The van der Waals surface area contributed by atoms with Crippen molar-refractivity contribution in [3.63, 3.8) is 0 Å². The van der Waals surface area contributed by atoms with Gasteiger partial charge in [0.2, 0.25) is 0 Å². The Morgan fingerprint density at radius 2 is 2.00 bits per heavy atom. The van der Waals surface area contributed by atoms with Gasteiger partial charge < -0.3 is 14.4 Å². The normalized spacial score (nSPS) is 15.0. The zero-order valence-electron chi connectivity index (χ0n) is 11.1. The fraction of sp³-hybridized carbons (Fsp3) is 0.267. The van der Waals surface area contributed by atoms with Gasteiger partial charge in [-0.2, -0.15) is 0 Å². The molecule has 1 aromatic carbocycles. The molecular formula is C15H13NO5. The van der Waals surface area contributed by atoms with Crippen molar-refractivity contribution in [1.82, 2.24) is 4.90 Å². The molecule has 2 aromatic rings. The Bertz CT molecular complexity index is 773. The van der Waals surface area contributed by atoms with Crippen LogP contribution in [-0.2, 0) is 4.79 Å². The molecule has 1 fully saturated rings. The molecule has 0 aliphatic carbocycles. The van der Waals surface area contributed by atoms with Gasteiger partial charge in [-0.25, -0.2) is 0 Å². The number of rotatable bonds is 3. The second kappa shape index (κ2) is 5.05. The van der Waals surface area contributed by atoms with Gasteiger partial charge >= 0.3 is 5.97 Å². The van der Waals surface area contributed by atoms with Crippen LogP contribution in [0, 0.1) is 5.92 Å². The highest BCUT2D eigenvalue weighted by Crippen LogP contribution is 2.22. The Kier molecular flexibility index (Phi) is 3.21. The van der Waals surface area contributed by atoms with Gasteiger partial charge in [0.1, 0.15) is 5.58 Å². The maximum Gasteiger partial charge on any atom is 0.303 e. The molecule has 0 radical (unpaired) electrons. The molecule has 2 heterocycles. The molecule has 108 valence electrons. The van der Waals surface area contributed by atoms with Crippen LogP contribution in [0.25, 0.3) is 11.0 Å². The molecular weight excluding hydrogens is 274 g/mol. The van der Waals surface area contributed by atoms with Crippen LogP contribution in [0.1, 0.15) is 17.0 Å². The minimum atomic E-state index is -0.871. The predicted molar refractivity (Wildman–Crippen MR) is 74.1 cm³/mol. The van der Waals surface area contributed by atoms with Crippen molar-refractivity contribution in [1.29, 1.82) is 0 Å². The molecule has 21 heavy (non-hydrogen) atoms. The van der Waals surface area contributed by atoms with E-state index >= 15 is 0 Å². The number of carboxylic acid groups (broad SMARTS) is 1. The topological polar surface area (TPSA) is 87.8 Å². The first-order chi connectivity index (χ1) is 10.0. The van der Waals surface area contributed by atoms with Crippen LogP contribution in [0.15, 0.2) is 39.5 Å². The highest BCUT2D eigenvalue weighted by atomic mass is 16.4. The maximum absolute atomic E-state index is 12.2. The van der Waals surface area contributed by atoms with Gasteiger partial charge in [0, 0.05) is 25.1 Å². The summed E-state index contributed by atoms with van der Waals surface area (Å²) < 4.78 is 5.47. The quantitative estimate of drug-likeness (QED) is 0.920. The Balaban J connectivity index is 1.80. The molecule has 1 N–H and O–H groups in total. The average molecular weight is 287 g/mol. The van der Waals surface area contributed by atoms with Gasteiger partial charge in [0.05, 0.1) is 11.8 Å². The molecule has 0 saturated carbocycles. The number of hydrogen-bond donors (Lipinski definition) is 1. The van der Waals surface area contributed by atoms with Crippen molar-refractivity contribution in [3.05, 3.63) is 46.3 Å². The van der Waals surface area contributed by atoms with Gasteiger partial charge in [-0.3, -0.25) is 14.4 Å². The lowest BCUT2D eigenvalue weighted by Gasteiger charge is -2.38. The lowest BCUT2D eigenvalue weighted by molar-refractivity contribution is -0.139. The van der Waals surface area contributed by atoms with Crippen LogP contribution in [0.3, 0.4) is 0 Å². The first-order valence-electron chi connectivity index (χ1n) is 6.58. The number of likely N-dealkylation sites (tertiary alicyclic amines) is 1. The third-order valence-electron chi connectivity index (χ3n) is 3.55. The van der Waals surface area contributed by atoms with Gasteiger partial charge in [-0.05, 0) is 12.1 Å². The van der Waals surface area contributed by atoms with Crippen LogP contribution < -0.4 is 5.43 Å². The van der Waals surface area contributed by atoms with Gasteiger partial charge in [0.15, 0.2) is 11.2 Å². The number of nitrogens with zero attached hydrogens (tertiary/aromatic N) is 1. The summed E-state index contributed by atoms with van der Waals surface area (Å²) in [5, 5.41) is 9.11. The smallest absolute Gasteiger partial charge is 0.303 e. The summed E-state index contributed by atoms with van der Waals surface area (Å²) in [6.07, 6.45) is 0.0471. The number of amides is 1. The predicted octanol–water partition coefficient (Wildman–Crippen LogP) is 1.34. The Morgan fingerprint density at radius 1 is 1.29 bits per heavy atom. The van der Waals surface area contributed by atoms with Crippen molar-refractivity contribution in [2.75, 3.05) is 13.1 Å². The summed E-state index contributed by atoms with van der Waals surface area (Å²) in [6.45, 7) is 0.753. The Morgan fingerprint density at radius 3 is 2.71 bits per heavy atom. The SMILES string of the molecule is O=C(O)CC1CN(C(=O)c2cc(=O)c3ccccc3o2)C1. The summed E-state index contributed by atoms with van der Waals surface area (Å²) in [5.41, 5.74) is 0.110. The summed E-state index contributed by atoms with van der Waals surface area (Å²) in [6, 6.07) is 7.92. The summed E-state index contributed by atoms with van der Waals surface area (Å²) in [5.74, 6) is -1.28. The van der Waals surface area contributed by atoms with Crippen molar-refractivity contribution in [2.24, 2.45) is 5.92 Å². The average Bonchev–Trinajstić information content (AvgIpc) is 2.41. The van der Waals surface area contributed by atoms with E-state index in [-0.39, 0.29) is 29.4 Å². The van der Waals surface area contributed by atoms with E-state index in [0.717, 1.165) is 0 Å². The minimum Gasteiger partial charge on any atom is -0.481 e. The number of carbonyl (C=O) groups is 2. The molecule has 0 atom stereocenters. The van der Waals surface area contributed by atoms with E-state index in [9.17, 15) is 14.4 Å². The zero-order chi connectivity index (χ0) is 15.0. The van der Waals surface area contributed by atoms with E-state index in [1.165, 1.54) is 11.0 Å². The molecule has 1 aliphatic rings. The van der Waals surface area contributed by atoms with E-state index < -0.39 is 5.97 Å². The number of carbonyl (C=O) groups excluding carboxylic acids is 1. The second-order valence-corrected chi connectivity index (χ2v) is 5.15. The Labute approximate surface area is 119 Å². The lowest BCUT2D eigenvalue weighted by atomic mass is 9.96. The largest absolute Gasteiger partial charge is 0.481 e. The van der Waals surface area contributed by atoms with E-state index in [1.807, 2.05) is 0 Å². The van der Waals surface area contributed by atoms with Crippen LogP contribution in [-0.4, -0.2) is 35.0 Å². The third-order valence-corrected chi connectivity index (χ3v) is 3.55. The van der Waals surface area contributed by atoms with Crippen molar-refractivity contribution < 1.29 is 19.1 Å². The summed E-state index contributed by atoms with van der Waals surface area (Å²) in [4.78, 5) is 36.2. The van der Waals surface area contributed by atoms with Gasteiger partial charge in [-0.15, -0.1) is 0 Å². The molecule has 1 aliphatic heterocycles. The minimum absolute atomic E-state index is 0.00697. The van der Waals surface area contributed by atoms with Crippen molar-refractivity contribution >= 4 is 22.8 Å². The molecule has 0 bridgehead atoms. The molecule has 0 unspecified atom stereocenters. The number of benzene rings is 1. The molecule has 1 saturated heterocycles. The second-order valence-electron chi connectivity index (χ2n) is 5.15. The summed E-state index contributed by atoms with van der Waals surface area (Å²) in [7, 11) is 0. The fourth-order valence-electron chi connectivity index (χ4n) is 2.48. The third kappa shape index (κ3) is 2.52. The van der Waals surface area contributed by atoms with Crippen LogP contribution in [0.2, 0.25) is 0 Å². The lowest BCUT2D eigenvalue weighted by Crippen LogP contribution is -2.50. The monoisotopic (exact) mass is 287 g/mol. The van der Waals surface area contributed by atoms with Crippen molar-refractivity contribution in [3.8, 4) is 0 Å². The molecule has 0 spiro atoms. The van der Waals surface area contributed by atoms with Crippen LogP contribution in [0.5, 0.6) is 0 Å². The Hall–Kier alpha value is -2.63. The van der Waals surface area contributed by atoms with E-state index in [0.29, 0.717) is 24.1 Å². The molecule has 6 heteroatoms. The van der Waals surface area contributed by atoms with Crippen molar-refractivity contribution in [2.45, 2.75) is 6.42 Å². The molecule has 1 aromatic heterocycles. The van der Waals surface area contributed by atoms with E-state index in [4.69, 9.17) is 9.52 Å². The van der Waals surface area contributed by atoms with Gasteiger partial charge in [0.25, 0.3) is 5.91 Å². The highest BCUT2D eigenvalue weighted by Gasteiger charge is 2.33. The maximum atomic E-state index is 12.2. The molecule has 6 nitrogen and oxygen atoms in total. The molecule has 3 rings (SSSR count). The first kappa shape index (κ1) is 13.4. The van der Waals surface area contributed by atoms with E-state index in [1.54, 1.807) is 24.3 Å². The number of hydrogen-bond acceptors (Lipinski definition) is 4. The van der Waals surface area contributed by atoms with E-state index in [2.05, 4.69) is 0 Å². The van der Waals surface area contributed by atoms with Crippen LogP contribution in [0.4, 0.5) is 0 Å². The fourth-order valence-corrected chi connectivity index (χ4v) is 2.48. The molecule has 1 amide bonds. The number of fused-ring (bicyclic) bond motifs is 1. The number of aliphatic carboxylic acids is 1. The summed E-state index contributed by atoms with van der Waals surface area (Å²) >= 11 is 0. The number of para-hydroxylation sites is 1. The van der Waals surface area contributed by atoms with Crippen LogP contribution >= 0.6 is 0 Å². The first-order valence-corrected chi connectivity index (χ1v) is 6.58.